The molecule has 0 aliphatic carbocycles. The molecule has 2 rings (SSSR count). The number of rotatable bonds is 6. The fourth-order valence-corrected chi connectivity index (χ4v) is 2.51. The SMILES string of the molecule is CCOc1cc(/C=C(/C#N)C(=O)Nc2ccc(Cl)c(Cl)c2)ccc1OC(C)=O. The molecule has 0 aliphatic heterocycles. The lowest BCUT2D eigenvalue weighted by Gasteiger charge is -2.10. The second-order valence-corrected chi connectivity index (χ2v) is 6.30. The van der Waals surface area contributed by atoms with Gasteiger partial charge in [-0.25, -0.2) is 0 Å². The molecule has 0 saturated carbocycles. The van der Waals surface area contributed by atoms with Gasteiger partial charge in [-0.1, -0.05) is 29.3 Å². The van der Waals surface area contributed by atoms with Crippen molar-refractivity contribution in [3.63, 3.8) is 0 Å². The smallest absolute Gasteiger partial charge is 0.308 e. The molecule has 2 aromatic carbocycles. The summed E-state index contributed by atoms with van der Waals surface area (Å²) in [6.45, 7) is 3.42. The van der Waals surface area contributed by atoms with Crippen molar-refractivity contribution in [3.8, 4) is 17.6 Å². The summed E-state index contributed by atoms with van der Waals surface area (Å²) in [5.74, 6) is -0.509. The molecule has 28 heavy (non-hydrogen) atoms. The van der Waals surface area contributed by atoms with Crippen LogP contribution in [0.1, 0.15) is 19.4 Å². The quantitative estimate of drug-likeness (QED) is 0.313. The maximum absolute atomic E-state index is 12.4. The Hall–Kier alpha value is -3.01. The molecule has 0 saturated heterocycles. The lowest BCUT2D eigenvalue weighted by atomic mass is 10.1. The Bertz CT molecular complexity index is 981. The maximum atomic E-state index is 12.4. The Morgan fingerprint density at radius 3 is 2.50 bits per heavy atom. The summed E-state index contributed by atoms with van der Waals surface area (Å²) in [7, 11) is 0. The van der Waals surface area contributed by atoms with Crippen LogP contribution in [0.5, 0.6) is 11.5 Å². The molecule has 1 N–H and O–H groups in total. The lowest BCUT2D eigenvalue weighted by Crippen LogP contribution is -2.13. The molecule has 0 fully saturated rings. The monoisotopic (exact) mass is 418 g/mol. The van der Waals surface area contributed by atoms with Crippen LogP contribution >= 0.6 is 23.2 Å². The number of carbonyl (C=O) groups is 2. The number of nitriles is 1. The van der Waals surface area contributed by atoms with Gasteiger partial charge in [0.1, 0.15) is 11.6 Å². The molecular weight excluding hydrogens is 403 g/mol. The van der Waals surface area contributed by atoms with Crippen LogP contribution in [0.25, 0.3) is 6.08 Å². The van der Waals surface area contributed by atoms with Gasteiger partial charge in [0, 0.05) is 12.6 Å². The normalized spacial score (nSPS) is 10.8. The van der Waals surface area contributed by atoms with Crippen molar-refractivity contribution in [3.05, 3.63) is 57.6 Å². The van der Waals surface area contributed by atoms with Crippen molar-refractivity contribution in [2.24, 2.45) is 0 Å². The second-order valence-electron chi connectivity index (χ2n) is 5.49. The van der Waals surface area contributed by atoms with E-state index in [0.29, 0.717) is 28.6 Å². The van der Waals surface area contributed by atoms with E-state index in [0.717, 1.165) is 0 Å². The summed E-state index contributed by atoms with van der Waals surface area (Å²) >= 11 is 11.8. The van der Waals surface area contributed by atoms with Gasteiger partial charge in [0.25, 0.3) is 5.91 Å². The van der Waals surface area contributed by atoms with E-state index in [9.17, 15) is 14.9 Å². The third-order valence-corrected chi connectivity index (χ3v) is 4.11. The number of hydrogen-bond donors (Lipinski definition) is 1. The molecule has 0 heterocycles. The number of hydrogen-bond acceptors (Lipinski definition) is 5. The zero-order chi connectivity index (χ0) is 20.7. The molecule has 2 aromatic rings. The van der Waals surface area contributed by atoms with E-state index in [-0.39, 0.29) is 16.3 Å². The Balaban J connectivity index is 2.28. The fraction of sp³-hybridized carbons (Fsp3) is 0.150. The van der Waals surface area contributed by atoms with E-state index in [1.54, 1.807) is 25.1 Å². The van der Waals surface area contributed by atoms with Gasteiger partial charge in [0.05, 0.1) is 16.7 Å². The van der Waals surface area contributed by atoms with Crippen LogP contribution in [0, 0.1) is 11.3 Å². The van der Waals surface area contributed by atoms with Gasteiger partial charge >= 0.3 is 5.97 Å². The Labute approximate surface area is 172 Å². The van der Waals surface area contributed by atoms with E-state index in [2.05, 4.69) is 5.32 Å². The highest BCUT2D eigenvalue weighted by molar-refractivity contribution is 6.42. The van der Waals surface area contributed by atoms with Gasteiger partial charge in [-0.05, 0) is 48.9 Å². The molecular formula is C20H16Cl2N2O4. The van der Waals surface area contributed by atoms with Crippen molar-refractivity contribution in [1.82, 2.24) is 0 Å². The third kappa shape index (κ3) is 5.74. The summed E-state index contributed by atoms with van der Waals surface area (Å²) < 4.78 is 10.5. The molecule has 0 aromatic heterocycles. The number of ether oxygens (including phenoxy) is 2. The van der Waals surface area contributed by atoms with Gasteiger partial charge in [-0.3, -0.25) is 9.59 Å². The number of nitrogens with one attached hydrogen (secondary N) is 1. The molecule has 8 heteroatoms. The van der Waals surface area contributed by atoms with E-state index in [1.165, 1.54) is 31.2 Å². The van der Waals surface area contributed by atoms with Crippen LogP contribution in [0.15, 0.2) is 42.0 Å². The molecule has 0 aliphatic rings. The summed E-state index contributed by atoms with van der Waals surface area (Å²) in [5, 5.41) is 12.6. The molecule has 0 bridgehead atoms. The van der Waals surface area contributed by atoms with Gasteiger partial charge in [-0.2, -0.15) is 5.26 Å². The Kier molecular flexibility index (Phi) is 7.44. The molecule has 0 radical (unpaired) electrons. The highest BCUT2D eigenvalue weighted by Crippen LogP contribution is 2.30. The molecule has 0 atom stereocenters. The van der Waals surface area contributed by atoms with Crippen LogP contribution in [-0.4, -0.2) is 18.5 Å². The van der Waals surface area contributed by atoms with Crippen molar-refractivity contribution < 1.29 is 19.1 Å². The third-order valence-electron chi connectivity index (χ3n) is 3.37. The summed E-state index contributed by atoms with van der Waals surface area (Å²) in [5.41, 5.74) is 0.801. The molecule has 6 nitrogen and oxygen atoms in total. The first-order valence-electron chi connectivity index (χ1n) is 8.17. The van der Waals surface area contributed by atoms with Crippen LogP contribution < -0.4 is 14.8 Å². The number of benzene rings is 2. The van der Waals surface area contributed by atoms with Crippen molar-refractivity contribution in [2.75, 3.05) is 11.9 Å². The number of anilines is 1. The van der Waals surface area contributed by atoms with Crippen molar-refractivity contribution in [1.29, 1.82) is 5.26 Å². The van der Waals surface area contributed by atoms with Crippen LogP contribution in [-0.2, 0) is 9.59 Å². The number of amides is 1. The van der Waals surface area contributed by atoms with Gasteiger partial charge in [0.15, 0.2) is 11.5 Å². The average molecular weight is 419 g/mol. The van der Waals surface area contributed by atoms with Crippen LogP contribution in [0.4, 0.5) is 5.69 Å². The zero-order valence-electron chi connectivity index (χ0n) is 15.1. The van der Waals surface area contributed by atoms with Crippen molar-refractivity contribution >= 4 is 46.8 Å². The van der Waals surface area contributed by atoms with Gasteiger partial charge in [0.2, 0.25) is 0 Å². The lowest BCUT2D eigenvalue weighted by molar-refractivity contribution is -0.132. The molecule has 0 unspecified atom stereocenters. The van der Waals surface area contributed by atoms with E-state index >= 15 is 0 Å². The molecule has 1 amide bonds. The van der Waals surface area contributed by atoms with Crippen LogP contribution in [0.3, 0.4) is 0 Å². The number of carbonyl (C=O) groups excluding carboxylic acids is 2. The number of esters is 1. The van der Waals surface area contributed by atoms with E-state index < -0.39 is 11.9 Å². The minimum atomic E-state index is -0.608. The summed E-state index contributed by atoms with van der Waals surface area (Å²) in [6, 6.07) is 11.2. The average Bonchev–Trinajstić information content (AvgIpc) is 2.64. The zero-order valence-corrected chi connectivity index (χ0v) is 16.6. The van der Waals surface area contributed by atoms with Gasteiger partial charge in [-0.15, -0.1) is 0 Å². The molecule has 144 valence electrons. The first-order chi connectivity index (χ1) is 13.3. The second kappa shape index (κ2) is 9.79. The summed E-state index contributed by atoms with van der Waals surface area (Å²) in [6.07, 6.45) is 1.40. The van der Waals surface area contributed by atoms with E-state index in [1.807, 2.05) is 6.07 Å². The Morgan fingerprint density at radius 1 is 1.14 bits per heavy atom. The van der Waals surface area contributed by atoms with E-state index in [4.69, 9.17) is 32.7 Å². The van der Waals surface area contributed by atoms with Crippen molar-refractivity contribution in [2.45, 2.75) is 13.8 Å². The Morgan fingerprint density at radius 2 is 1.89 bits per heavy atom. The predicted molar refractivity (Wildman–Crippen MR) is 108 cm³/mol. The standard InChI is InChI=1S/C20H16Cl2N2O4/c1-3-27-19-9-13(4-7-18(19)28-12(2)25)8-14(11-23)20(26)24-15-5-6-16(21)17(22)10-15/h4-10H,3H2,1-2H3,(H,24,26)/b14-8-. The fourth-order valence-electron chi connectivity index (χ4n) is 2.21. The topological polar surface area (TPSA) is 88.4 Å². The first kappa shape index (κ1) is 21.3. The minimum Gasteiger partial charge on any atom is -0.490 e. The largest absolute Gasteiger partial charge is 0.490 e. The minimum absolute atomic E-state index is 0.131. The molecule has 0 spiro atoms. The first-order valence-corrected chi connectivity index (χ1v) is 8.93. The summed E-state index contributed by atoms with van der Waals surface area (Å²) in [4.78, 5) is 23.6. The number of halogens is 2. The maximum Gasteiger partial charge on any atom is 0.308 e. The highest BCUT2D eigenvalue weighted by Gasteiger charge is 2.13. The van der Waals surface area contributed by atoms with Crippen LogP contribution in [0.2, 0.25) is 10.0 Å². The number of nitrogens with zero attached hydrogens (tertiary/aromatic N) is 1. The van der Waals surface area contributed by atoms with Gasteiger partial charge < -0.3 is 14.8 Å². The predicted octanol–water partition coefficient (Wildman–Crippen LogP) is 4.86. The highest BCUT2D eigenvalue weighted by atomic mass is 35.5.